The van der Waals surface area contributed by atoms with Crippen molar-refractivity contribution in [3.63, 3.8) is 0 Å². The van der Waals surface area contributed by atoms with Gasteiger partial charge < -0.3 is 20.3 Å². The molecule has 2 aliphatic carbocycles. The number of carbonyl (C=O) groups is 2. The van der Waals surface area contributed by atoms with E-state index in [0.717, 1.165) is 47.9 Å². The first kappa shape index (κ1) is 22.3. The van der Waals surface area contributed by atoms with Crippen LogP contribution in [0.5, 0.6) is 0 Å². The van der Waals surface area contributed by atoms with Gasteiger partial charge >= 0.3 is 12.1 Å². The van der Waals surface area contributed by atoms with Gasteiger partial charge in [-0.25, -0.2) is 4.79 Å². The maximum Gasteiger partial charge on any atom is 0.407 e. The van der Waals surface area contributed by atoms with E-state index in [1.165, 1.54) is 6.42 Å². The number of benzene rings is 2. The Bertz CT molecular complexity index is 907. The Kier molecular flexibility index (Phi) is 7.10. The van der Waals surface area contributed by atoms with Gasteiger partial charge in [0.1, 0.15) is 6.61 Å². The molecular formula is C26H31NO5. The van der Waals surface area contributed by atoms with Crippen LogP contribution in [0.3, 0.4) is 0 Å². The van der Waals surface area contributed by atoms with E-state index in [9.17, 15) is 14.7 Å². The molecule has 0 radical (unpaired) electrons. The van der Waals surface area contributed by atoms with Gasteiger partial charge in [-0.1, -0.05) is 80.6 Å². The van der Waals surface area contributed by atoms with Crippen molar-refractivity contribution >= 4 is 12.1 Å². The number of alkyl carbamates (subject to hydrolysis) is 1. The number of amides is 1. The molecule has 2 aliphatic rings. The van der Waals surface area contributed by atoms with Gasteiger partial charge in [-0.05, 0) is 34.6 Å². The highest BCUT2D eigenvalue weighted by molar-refractivity contribution is 5.79. The highest BCUT2D eigenvalue weighted by atomic mass is 16.5. The van der Waals surface area contributed by atoms with Gasteiger partial charge in [-0.15, -0.1) is 0 Å². The number of rotatable bonds is 8. The molecule has 3 N–H and O–H groups in total. The minimum absolute atomic E-state index is 0.0473. The summed E-state index contributed by atoms with van der Waals surface area (Å²) >= 11 is 0. The Hall–Kier alpha value is -2.86. The third-order valence-electron chi connectivity index (χ3n) is 6.81. The van der Waals surface area contributed by atoms with E-state index in [1.807, 2.05) is 24.3 Å². The molecule has 1 amide bonds. The smallest absolute Gasteiger partial charge is 0.407 e. The van der Waals surface area contributed by atoms with Crippen LogP contribution < -0.4 is 5.32 Å². The molecule has 6 heteroatoms. The highest BCUT2D eigenvalue weighted by Crippen LogP contribution is 2.44. The Morgan fingerprint density at radius 2 is 1.56 bits per heavy atom. The number of aliphatic hydroxyl groups is 1. The van der Waals surface area contributed by atoms with Crippen LogP contribution in [0.15, 0.2) is 48.5 Å². The number of nitrogens with one attached hydrogen (secondary N) is 1. The third kappa shape index (κ3) is 5.13. The number of aliphatic carboxylic acids is 1. The minimum Gasteiger partial charge on any atom is -0.481 e. The second-order valence-electron chi connectivity index (χ2n) is 8.98. The molecule has 2 atom stereocenters. The summed E-state index contributed by atoms with van der Waals surface area (Å²) in [6.07, 6.45) is 3.98. The van der Waals surface area contributed by atoms with E-state index in [0.29, 0.717) is 12.3 Å². The lowest BCUT2D eigenvalue weighted by Crippen LogP contribution is -2.46. The zero-order chi connectivity index (χ0) is 22.5. The molecule has 4 rings (SSSR count). The number of hydrogen-bond donors (Lipinski definition) is 3. The average Bonchev–Trinajstić information content (AvgIpc) is 3.11. The number of carboxylic acid groups (broad SMARTS) is 1. The molecule has 0 spiro atoms. The molecule has 32 heavy (non-hydrogen) atoms. The van der Waals surface area contributed by atoms with Gasteiger partial charge in [0.2, 0.25) is 0 Å². The van der Waals surface area contributed by atoms with Gasteiger partial charge in [0, 0.05) is 5.92 Å². The van der Waals surface area contributed by atoms with E-state index >= 15 is 0 Å². The van der Waals surface area contributed by atoms with Crippen molar-refractivity contribution in [2.24, 2.45) is 5.92 Å². The third-order valence-corrected chi connectivity index (χ3v) is 6.81. The molecule has 1 saturated carbocycles. The normalized spacial score (nSPS) is 17.8. The fourth-order valence-electron chi connectivity index (χ4n) is 5.21. The topological polar surface area (TPSA) is 95.9 Å². The molecule has 0 heterocycles. The summed E-state index contributed by atoms with van der Waals surface area (Å²) in [5.74, 6) is -0.750. The predicted molar refractivity (Wildman–Crippen MR) is 121 cm³/mol. The van der Waals surface area contributed by atoms with Gasteiger partial charge in [-0.3, -0.25) is 4.79 Å². The van der Waals surface area contributed by atoms with Crippen molar-refractivity contribution in [3.8, 4) is 11.1 Å². The molecule has 1 fully saturated rings. The molecule has 6 nitrogen and oxygen atoms in total. The summed E-state index contributed by atoms with van der Waals surface area (Å²) in [5.41, 5.74) is 4.57. The number of aliphatic hydroxyl groups excluding tert-OH is 1. The number of hydrogen-bond acceptors (Lipinski definition) is 4. The van der Waals surface area contributed by atoms with Crippen molar-refractivity contribution in [3.05, 3.63) is 59.7 Å². The summed E-state index contributed by atoms with van der Waals surface area (Å²) in [4.78, 5) is 23.8. The maximum atomic E-state index is 12.7. The molecule has 0 aliphatic heterocycles. The average molecular weight is 438 g/mol. The fraction of sp³-hybridized carbons (Fsp3) is 0.462. The van der Waals surface area contributed by atoms with E-state index in [-0.39, 0.29) is 12.5 Å². The van der Waals surface area contributed by atoms with Crippen molar-refractivity contribution in [1.82, 2.24) is 5.32 Å². The molecule has 2 aromatic carbocycles. The lowest BCUT2D eigenvalue weighted by molar-refractivity contribution is -0.139. The molecule has 0 aromatic heterocycles. The van der Waals surface area contributed by atoms with E-state index < -0.39 is 30.6 Å². The van der Waals surface area contributed by atoms with Gasteiger partial charge in [0.15, 0.2) is 0 Å². The van der Waals surface area contributed by atoms with Crippen molar-refractivity contribution in [2.75, 3.05) is 6.61 Å². The van der Waals surface area contributed by atoms with Crippen molar-refractivity contribution in [2.45, 2.75) is 63.0 Å². The summed E-state index contributed by atoms with van der Waals surface area (Å²) in [6, 6.07) is 15.6. The SMILES string of the molecule is O=C(O)C[C@H](O)[C@@H](CC1CCCCC1)NC(=O)OCC1c2ccccc2-c2ccccc21. The first-order valence-corrected chi connectivity index (χ1v) is 11.5. The van der Waals surface area contributed by atoms with Crippen LogP contribution in [0.4, 0.5) is 4.79 Å². The lowest BCUT2D eigenvalue weighted by atomic mass is 9.83. The Balaban J connectivity index is 1.41. The molecule has 0 unspecified atom stereocenters. The molecule has 0 bridgehead atoms. The monoisotopic (exact) mass is 437 g/mol. The number of ether oxygens (including phenoxy) is 1. The first-order chi connectivity index (χ1) is 15.5. The largest absolute Gasteiger partial charge is 0.481 e. The van der Waals surface area contributed by atoms with E-state index in [2.05, 4.69) is 29.6 Å². The van der Waals surface area contributed by atoms with Crippen molar-refractivity contribution < 1.29 is 24.5 Å². The molecule has 170 valence electrons. The van der Waals surface area contributed by atoms with Gasteiger partial charge in [0.25, 0.3) is 0 Å². The fourth-order valence-corrected chi connectivity index (χ4v) is 5.21. The number of carbonyl (C=O) groups excluding carboxylic acids is 1. The number of carboxylic acids is 1. The molecule has 0 saturated heterocycles. The number of fused-ring (bicyclic) bond motifs is 3. The Morgan fingerprint density at radius 1 is 0.969 bits per heavy atom. The van der Waals surface area contributed by atoms with Gasteiger partial charge in [-0.2, -0.15) is 0 Å². The molecule has 2 aromatic rings. The Labute approximate surface area is 188 Å². The second kappa shape index (κ2) is 10.2. The van der Waals surface area contributed by atoms with Crippen LogP contribution in [-0.2, 0) is 9.53 Å². The van der Waals surface area contributed by atoms with Crippen LogP contribution in [-0.4, -0.2) is 41.0 Å². The first-order valence-electron chi connectivity index (χ1n) is 11.5. The zero-order valence-electron chi connectivity index (χ0n) is 18.2. The lowest BCUT2D eigenvalue weighted by Gasteiger charge is -2.29. The quantitative estimate of drug-likeness (QED) is 0.556. The van der Waals surface area contributed by atoms with E-state index in [1.54, 1.807) is 0 Å². The van der Waals surface area contributed by atoms with Crippen LogP contribution in [0.1, 0.15) is 62.0 Å². The summed E-state index contributed by atoms with van der Waals surface area (Å²) in [6.45, 7) is 0.186. The van der Waals surface area contributed by atoms with Crippen LogP contribution in [0.2, 0.25) is 0 Å². The van der Waals surface area contributed by atoms with Gasteiger partial charge in [0.05, 0.1) is 18.6 Å². The van der Waals surface area contributed by atoms with Crippen LogP contribution in [0.25, 0.3) is 11.1 Å². The Morgan fingerprint density at radius 3 is 2.16 bits per heavy atom. The van der Waals surface area contributed by atoms with Crippen LogP contribution in [0, 0.1) is 5.92 Å². The van der Waals surface area contributed by atoms with Crippen molar-refractivity contribution in [1.29, 1.82) is 0 Å². The maximum absolute atomic E-state index is 12.7. The minimum atomic E-state index is -1.14. The summed E-state index contributed by atoms with van der Waals surface area (Å²) in [7, 11) is 0. The molecular weight excluding hydrogens is 406 g/mol. The standard InChI is InChI=1S/C26H31NO5/c28-24(15-25(29)30)23(14-17-8-2-1-3-9-17)27-26(31)32-16-22-20-12-6-4-10-18(20)19-11-5-7-13-21(19)22/h4-7,10-13,17,22-24,28H,1-3,8-9,14-16H2,(H,27,31)(H,29,30)/t23-,24+/m1/s1. The highest BCUT2D eigenvalue weighted by Gasteiger charge is 2.31. The summed E-state index contributed by atoms with van der Waals surface area (Å²) < 4.78 is 5.61. The zero-order valence-corrected chi connectivity index (χ0v) is 18.2. The predicted octanol–water partition coefficient (Wildman–Crippen LogP) is 4.70. The second-order valence-corrected chi connectivity index (χ2v) is 8.98. The van der Waals surface area contributed by atoms with E-state index in [4.69, 9.17) is 9.84 Å². The summed E-state index contributed by atoms with van der Waals surface area (Å²) in [5, 5.41) is 22.3. The van der Waals surface area contributed by atoms with Crippen LogP contribution >= 0.6 is 0 Å².